The molecule has 6 aliphatic rings. The summed E-state index contributed by atoms with van der Waals surface area (Å²) in [7, 11) is 0. The minimum absolute atomic E-state index is 0.0619. The monoisotopic (exact) mass is 517 g/mol. The van der Waals surface area contributed by atoms with E-state index >= 15 is 0 Å². The molecule has 1 aromatic rings. The Kier molecular flexibility index (Phi) is 6.51. The molecular formula is C25H35N5O7. The van der Waals surface area contributed by atoms with E-state index < -0.39 is 24.1 Å². The first-order valence-electron chi connectivity index (χ1n) is 13.2. The van der Waals surface area contributed by atoms with E-state index in [0.29, 0.717) is 6.54 Å². The van der Waals surface area contributed by atoms with Crippen LogP contribution in [0.2, 0.25) is 0 Å². The second-order valence-corrected chi connectivity index (χ2v) is 11.1. The lowest BCUT2D eigenvalue weighted by atomic mass is 9.75. The summed E-state index contributed by atoms with van der Waals surface area (Å²) in [6.07, 6.45) is 4.13. The number of H-pyrrole nitrogens is 1. The molecule has 3 heterocycles. The Bertz CT molecular complexity index is 1100. The summed E-state index contributed by atoms with van der Waals surface area (Å²) >= 11 is 0. The summed E-state index contributed by atoms with van der Waals surface area (Å²) in [6.45, 7) is 5.70. The Morgan fingerprint density at radius 1 is 1.08 bits per heavy atom. The van der Waals surface area contributed by atoms with E-state index in [1.807, 2.05) is 9.80 Å². The van der Waals surface area contributed by atoms with E-state index in [4.69, 9.17) is 30.4 Å². The minimum Gasteiger partial charge on any atom is -0.479 e. The van der Waals surface area contributed by atoms with Gasteiger partial charge >= 0.3 is 18.0 Å². The van der Waals surface area contributed by atoms with E-state index in [9.17, 15) is 14.4 Å². The molecule has 2 aliphatic heterocycles. The largest absolute Gasteiger partial charge is 0.479 e. The van der Waals surface area contributed by atoms with Crippen molar-refractivity contribution in [2.75, 3.05) is 18.0 Å². The third-order valence-corrected chi connectivity index (χ3v) is 8.76. The van der Waals surface area contributed by atoms with Crippen molar-refractivity contribution in [1.82, 2.24) is 14.9 Å². The van der Waals surface area contributed by atoms with Crippen LogP contribution in [0.3, 0.4) is 0 Å². The van der Waals surface area contributed by atoms with E-state index in [1.165, 1.54) is 32.1 Å². The summed E-state index contributed by atoms with van der Waals surface area (Å²) in [6, 6.07) is 0.272. The lowest BCUT2D eigenvalue weighted by Gasteiger charge is -2.32. The summed E-state index contributed by atoms with van der Waals surface area (Å²) in [5, 5.41) is 32.5. The number of hydrogen-bond donors (Lipinski definition) is 5. The molecule has 37 heavy (non-hydrogen) atoms. The average Bonchev–Trinajstić information content (AvgIpc) is 3.60. The molecule has 5 N–H and O–H groups in total. The van der Waals surface area contributed by atoms with Gasteiger partial charge < -0.3 is 25.4 Å². The summed E-state index contributed by atoms with van der Waals surface area (Å²) in [5.41, 5.74) is 1.23. The number of carboxylic acid groups (broad SMARTS) is 2. The Hall–Kier alpha value is -2.99. The number of fused-ring (bicyclic) bond motifs is 3. The van der Waals surface area contributed by atoms with Crippen LogP contribution in [0.5, 0.6) is 0 Å². The maximum atomic E-state index is 13.2. The van der Waals surface area contributed by atoms with Gasteiger partial charge in [0.1, 0.15) is 11.5 Å². The van der Waals surface area contributed by atoms with Crippen molar-refractivity contribution in [3.8, 4) is 0 Å². The SMILES string of the molecule is CCCN1C(=O)N2C[C@@H](CC)N=C2c2[nH]c(C34CC5CC(CC3C5)C4)nc21.O=C(O)C(O)C(O)C(=O)O. The smallest absolute Gasteiger partial charge is 0.335 e. The Balaban J connectivity index is 0.000000241. The fourth-order valence-electron chi connectivity index (χ4n) is 7.23. The van der Waals surface area contributed by atoms with Crippen molar-refractivity contribution >= 4 is 29.6 Å². The van der Waals surface area contributed by atoms with Gasteiger partial charge in [-0.1, -0.05) is 13.8 Å². The molecule has 1 aromatic heterocycles. The van der Waals surface area contributed by atoms with E-state index in [-0.39, 0.29) is 17.5 Å². The number of carbonyl (C=O) groups excluding carboxylic acids is 1. The number of anilines is 1. The number of aliphatic carboxylic acids is 2. The fourth-order valence-corrected chi connectivity index (χ4v) is 7.23. The number of amides is 2. The number of rotatable bonds is 7. The molecule has 4 saturated carbocycles. The zero-order chi connectivity index (χ0) is 26.6. The number of carboxylic acids is 2. The third-order valence-electron chi connectivity index (χ3n) is 8.76. The minimum atomic E-state index is -2.27. The maximum Gasteiger partial charge on any atom is 0.335 e. The highest BCUT2D eigenvalue weighted by Gasteiger charge is 2.60. The van der Waals surface area contributed by atoms with Crippen molar-refractivity contribution in [1.29, 1.82) is 0 Å². The molecule has 0 saturated heterocycles. The topological polar surface area (TPSA) is 180 Å². The van der Waals surface area contributed by atoms with Crippen molar-refractivity contribution in [2.45, 2.75) is 82.5 Å². The number of nitrogens with one attached hydrogen (secondary N) is 1. The second kappa shape index (κ2) is 9.39. The molecular weight excluding hydrogens is 482 g/mol. The summed E-state index contributed by atoms with van der Waals surface area (Å²) in [4.78, 5) is 50.2. The van der Waals surface area contributed by atoms with Crippen LogP contribution in [0, 0.1) is 17.8 Å². The number of imidazole rings is 1. The number of aromatic amines is 1. The van der Waals surface area contributed by atoms with Crippen LogP contribution in [0.1, 0.15) is 70.3 Å². The summed E-state index contributed by atoms with van der Waals surface area (Å²) < 4.78 is 0. The number of urea groups is 1. The van der Waals surface area contributed by atoms with Gasteiger partial charge in [-0.05, 0) is 62.7 Å². The second-order valence-electron chi connectivity index (χ2n) is 11.1. The Morgan fingerprint density at radius 3 is 2.24 bits per heavy atom. The first-order valence-corrected chi connectivity index (χ1v) is 13.2. The number of aliphatic hydroxyl groups excluding tert-OH is 2. The van der Waals surface area contributed by atoms with Gasteiger partial charge in [-0.25, -0.2) is 19.4 Å². The van der Waals surface area contributed by atoms with Crippen molar-refractivity contribution in [2.24, 2.45) is 22.7 Å². The first kappa shape index (κ1) is 25.7. The predicted octanol–water partition coefficient (Wildman–Crippen LogP) is 1.56. The molecule has 4 fully saturated rings. The van der Waals surface area contributed by atoms with Crippen molar-refractivity contribution in [3.63, 3.8) is 0 Å². The first-order chi connectivity index (χ1) is 17.6. The number of nitrogens with zero attached hydrogens (tertiary/aromatic N) is 4. The molecule has 12 nitrogen and oxygen atoms in total. The van der Waals surface area contributed by atoms with Gasteiger partial charge in [0.2, 0.25) is 0 Å². The number of aliphatic imine (C=N–C) groups is 1. The van der Waals surface area contributed by atoms with Crippen LogP contribution in [0.25, 0.3) is 0 Å². The maximum absolute atomic E-state index is 13.2. The fraction of sp³-hybridized carbons (Fsp3) is 0.720. The highest BCUT2D eigenvalue weighted by molar-refractivity contribution is 6.18. The number of aliphatic hydroxyl groups is 2. The lowest BCUT2D eigenvalue weighted by Crippen LogP contribution is -2.50. The number of amidine groups is 1. The normalized spacial score (nSPS) is 32.4. The Labute approximate surface area is 214 Å². The van der Waals surface area contributed by atoms with Gasteiger partial charge in [0.15, 0.2) is 23.9 Å². The Morgan fingerprint density at radius 2 is 1.70 bits per heavy atom. The van der Waals surface area contributed by atoms with Crippen LogP contribution in [-0.2, 0) is 15.0 Å². The molecule has 2 amide bonds. The molecule has 12 heteroatoms. The predicted molar refractivity (Wildman–Crippen MR) is 131 cm³/mol. The van der Waals surface area contributed by atoms with Crippen molar-refractivity contribution in [3.05, 3.63) is 11.5 Å². The van der Waals surface area contributed by atoms with Crippen LogP contribution in [-0.4, -0.2) is 90.4 Å². The molecule has 0 aromatic carbocycles. The molecule has 5 atom stereocenters. The molecule has 4 bridgehead atoms. The van der Waals surface area contributed by atoms with Crippen molar-refractivity contribution < 1.29 is 34.8 Å². The highest BCUT2D eigenvalue weighted by atomic mass is 16.4. The van der Waals surface area contributed by atoms with Crippen LogP contribution in [0.4, 0.5) is 10.6 Å². The van der Waals surface area contributed by atoms with Crippen LogP contribution >= 0.6 is 0 Å². The zero-order valence-electron chi connectivity index (χ0n) is 21.1. The van der Waals surface area contributed by atoms with Gasteiger partial charge in [-0.15, -0.1) is 0 Å². The van der Waals surface area contributed by atoms with Crippen LogP contribution in [0.15, 0.2) is 4.99 Å². The van der Waals surface area contributed by atoms with Gasteiger partial charge in [-0.3, -0.25) is 14.8 Å². The zero-order valence-corrected chi connectivity index (χ0v) is 21.1. The number of aromatic nitrogens is 2. The molecule has 202 valence electrons. The van der Waals surface area contributed by atoms with E-state index in [0.717, 1.165) is 60.3 Å². The average molecular weight is 518 g/mol. The molecule has 4 aliphatic carbocycles. The third kappa shape index (κ3) is 4.10. The van der Waals surface area contributed by atoms with Gasteiger partial charge in [-0.2, -0.15) is 0 Å². The summed E-state index contributed by atoms with van der Waals surface area (Å²) in [5.74, 6) is 1.86. The quantitative estimate of drug-likeness (QED) is 0.361. The molecule has 0 radical (unpaired) electrons. The lowest BCUT2D eigenvalue weighted by molar-refractivity contribution is -0.165. The van der Waals surface area contributed by atoms with E-state index in [2.05, 4.69) is 18.8 Å². The highest BCUT2D eigenvalue weighted by Crippen LogP contribution is 2.65. The van der Waals surface area contributed by atoms with Gasteiger partial charge in [0, 0.05) is 12.0 Å². The van der Waals surface area contributed by atoms with Gasteiger partial charge in [0.05, 0.1) is 12.6 Å². The molecule has 7 rings (SSSR count). The number of hydrogen-bond acceptors (Lipinski definition) is 7. The molecule has 0 spiro atoms. The standard InChI is InChI=1S/C21H29N5O.C4H6O6/c1-3-5-25-18-16(17-22-15(4-2)11-26(17)20(25)27)23-19(24-18)21-9-12-6-13(10-21)8-14(21)7-12;5-1(3(7)8)2(6)4(9)10/h12-15H,3-11H2,1-2H3,(H,23,24);1-2,5-6H,(H,7,8)(H,9,10)/t12?,13?,14?,15-,21?;/m1./s1. The number of carbonyl (C=O) groups is 3. The van der Waals surface area contributed by atoms with E-state index in [1.54, 1.807) is 0 Å². The molecule has 4 unspecified atom stereocenters. The van der Waals surface area contributed by atoms with Crippen LogP contribution < -0.4 is 4.90 Å². The van der Waals surface area contributed by atoms with Gasteiger partial charge in [0.25, 0.3) is 0 Å².